The number of carbonyl (C=O) groups excluding carboxylic acids is 1. The van der Waals surface area contributed by atoms with Gasteiger partial charge in [0.05, 0.1) is 20.5 Å². The first-order valence-corrected chi connectivity index (χ1v) is 9.98. The number of carbonyl (C=O) groups is 1. The summed E-state index contributed by atoms with van der Waals surface area (Å²) in [5.41, 5.74) is 0.0739. The first kappa shape index (κ1) is 19.6. The summed E-state index contributed by atoms with van der Waals surface area (Å²) in [4.78, 5) is 22.4. The van der Waals surface area contributed by atoms with Gasteiger partial charge in [0.2, 0.25) is 10.0 Å². The molecule has 0 spiro atoms. The number of anilines is 1. The van der Waals surface area contributed by atoms with Crippen LogP contribution in [0.15, 0.2) is 41.3 Å². The molecule has 8 nitrogen and oxygen atoms in total. The summed E-state index contributed by atoms with van der Waals surface area (Å²) in [5, 5.41) is 13.1. The van der Waals surface area contributed by atoms with Crippen molar-refractivity contribution in [1.29, 1.82) is 0 Å². The minimum atomic E-state index is -3.88. The molecule has 0 aromatic heterocycles. The predicted molar refractivity (Wildman–Crippen MR) is 101 cm³/mol. The maximum atomic E-state index is 12.5. The van der Waals surface area contributed by atoms with E-state index < -0.39 is 20.9 Å². The first-order valence-electron chi connectivity index (χ1n) is 7.74. The molecule has 0 saturated heterocycles. The van der Waals surface area contributed by atoms with E-state index in [1.54, 1.807) is 0 Å². The number of hydrogen-bond acceptors (Lipinski definition) is 5. The van der Waals surface area contributed by atoms with Crippen LogP contribution in [0.25, 0.3) is 0 Å². The highest BCUT2D eigenvalue weighted by Gasteiger charge is 2.30. The van der Waals surface area contributed by atoms with Gasteiger partial charge in [-0.05, 0) is 37.1 Å². The number of nitrogens with one attached hydrogen (secondary N) is 2. The molecular formula is C16H13Cl2N3O5S. The predicted octanol–water partition coefficient (Wildman–Crippen LogP) is 3.59. The first-order chi connectivity index (χ1) is 12.7. The molecule has 0 radical (unpaired) electrons. The van der Waals surface area contributed by atoms with Crippen molar-refractivity contribution in [1.82, 2.24) is 4.72 Å². The molecule has 0 aliphatic heterocycles. The van der Waals surface area contributed by atoms with Gasteiger partial charge in [0.1, 0.15) is 4.90 Å². The fourth-order valence-electron chi connectivity index (χ4n) is 2.26. The van der Waals surface area contributed by atoms with Crippen molar-refractivity contribution in [3.63, 3.8) is 0 Å². The summed E-state index contributed by atoms with van der Waals surface area (Å²) < 4.78 is 27.3. The van der Waals surface area contributed by atoms with Crippen molar-refractivity contribution < 1.29 is 18.1 Å². The number of nitro groups is 1. The Bertz CT molecular complexity index is 1020. The number of halogens is 2. The lowest BCUT2D eigenvalue weighted by atomic mass is 10.2. The topological polar surface area (TPSA) is 118 Å². The molecule has 2 N–H and O–H groups in total. The molecule has 1 aliphatic rings. The van der Waals surface area contributed by atoms with E-state index in [2.05, 4.69) is 10.0 Å². The van der Waals surface area contributed by atoms with Gasteiger partial charge in [0.15, 0.2) is 0 Å². The van der Waals surface area contributed by atoms with Gasteiger partial charge in [-0.25, -0.2) is 13.1 Å². The standard InChI is InChI=1S/C16H13Cl2N3O5S/c17-13-8-14(18)15(27(25,26)20-10-1-2-10)7-12(13)16(22)19-9-3-5-11(6-4-9)21(23)24/h3-8,10,20H,1-2H2,(H,19,22). The molecule has 11 heteroatoms. The minimum Gasteiger partial charge on any atom is -0.322 e. The summed E-state index contributed by atoms with van der Waals surface area (Å²) in [5.74, 6) is -0.673. The molecule has 0 heterocycles. The zero-order valence-electron chi connectivity index (χ0n) is 13.6. The molecule has 1 saturated carbocycles. The maximum absolute atomic E-state index is 12.5. The van der Waals surface area contributed by atoms with Crippen LogP contribution in [0.3, 0.4) is 0 Å². The van der Waals surface area contributed by atoms with Crippen molar-refractivity contribution in [2.75, 3.05) is 5.32 Å². The van der Waals surface area contributed by atoms with Crippen LogP contribution < -0.4 is 10.0 Å². The zero-order chi connectivity index (χ0) is 19.8. The lowest BCUT2D eigenvalue weighted by Gasteiger charge is -2.12. The molecule has 0 bridgehead atoms. The zero-order valence-corrected chi connectivity index (χ0v) is 15.9. The van der Waals surface area contributed by atoms with E-state index in [9.17, 15) is 23.3 Å². The normalized spacial score (nSPS) is 14.0. The highest BCUT2D eigenvalue weighted by molar-refractivity contribution is 7.89. The summed E-state index contributed by atoms with van der Waals surface area (Å²) >= 11 is 12.1. The van der Waals surface area contributed by atoms with Gasteiger partial charge < -0.3 is 5.32 Å². The minimum absolute atomic E-state index is 0.0233. The Morgan fingerprint density at radius 1 is 1.11 bits per heavy atom. The number of rotatable bonds is 6. The van der Waals surface area contributed by atoms with E-state index >= 15 is 0 Å². The molecule has 2 aromatic carbocycles. The van der Waals surface area contributed by atoms with Crippen LogP contribution in [0.5, 0.6) is 0 Å². The number of non-ortho nitro benzene ring substituents is 1. The fraction of sp³-hybridized carbons (Fsp3) is 0.188. The van der Waals surface area contributed by atoms with Gasteiger partial charge in [-0.3, -0.25) is 14.9 Å². The number of amides is 1. The third kappa shape index (κ3) is 4.56. The summed E-state index contributed by atoms with van der Waals surface area (Å²) in [6.07, 6.45) is 1.50. The summed E-state index contributed by atoms with van der Waals surface area (Å²) in [7, 11) is -3.88. The van der Waals surface area contributed by atoms with E-state index in [0.717, 1.165) is 18.9 Å². The number of sulfonamides is 1. The average molecular weight is 430 g/mol. The molecule has 1 aliphatic carbocycles. The number of hydrogen-bond donors (Lipinski definition) is 2. The Labute approximate surface area is 164 Å². The van der Waals surface area contributed by atoms with Gasteiger partial charge in [-0.15, -0.1) is 0 Å². The fourth-order valence-corrected chi connectivity index (χ4v) is 4.42. The van der Waals surface area contributed by atoms with Gasteiger partial charge in [0.25, 0.3) is 11.6 Å². The largest absolute Gasteiger partial charge is 0.322 e. The van der Waals surface area contributed by atoms with E-state index in [-0.39, 0.29) is 37.9 Å². The van der Waals surface area contributed by atoms with Gasteiger partial charge in [0, 0.05) is 23.9 Å². The number of benzene rings is 2. The van der Waals surface area contributed by atoms with E-state index in [4.69, 9.17) is 23.2 Å². The summed E-state index contributed by atoms with van der Waals surface area (Å²) in [6, 6.07) is 7.34. The molecule has 142 valence electrons. The van der Waals surface area contributed by atoms with Crippen LogP contribution >= 0.6 is 23.2 Å². The number of nitro benzene ring substituents is 1. The quantitative estimate of drug-likeness (QED) is 0.536. The van der Waals surface area contributed by atoms with Crippen molar-refractivity contribution in [3.05, 3.63) is 62.1 Å². The molecule has 2 aromatic rings. The van der Waals surface area contributed by atoms with Crippen molar-refractivity contribution in [2.45, 2.75) is 23.8 Å². The number of nitrogens with zero attached hydrogens (tertiary/aromatic N) is 1. The third-order valence-corrected chi connectivity index (χ3v) is 6.09. The van der Waals surface area contributed by atoms with Crippen LogP contribution in [-0.2, 0) is 10.0 Å². The van der Waals surface area contributed by atoms with Crippen LogP contribution in [-0.4, -0.2) is 25.3 Å². The average Bonchev–Trinajstić information content (AvgIpc) is 3.38. The Balaban J connectivity index is 1.87. The van der Waals surface area contributed by atoms with E-state index in [1.807, 2.05) is 0 Å². The van der Waals surface area contributed by atoms with Crippen LogP contribution in [0.4, 0.5) is 11.4 Å². The summed E-state index contributed by atoms with van der Waals surface area (Å²) in [6.45, 7) is 0. The van der Waals surface area contributed by atoms with Crippen molar-refractivity contribution in [3.8, 4) is 0 Å². The third-order valence-electron chi connectivity index (χ3n) is 3.79. The monoisotopic (exact) mass is 429 g/mol. The van der Waals surface area contributed by atoms with Crippen molar-refractivity contribution in [2.24, 2.45) is 0 Å². The molecule has 0 unspecified atom stereocenters. The van der Waals surface area contributed by atoms with Crippen LogP contribution in [0, 0.1) is 10.1 Å². The molecule has 3 rings (SSSR count). The van der Waals surface area contributed by atoms with E-state index in [0.29, 0.717) is 0 Å². The Morgan fingerprint density at radius 3 is 2.30 bits per heavy atom. The maximum Gasteiger partial charge on any atom is 0.269 e. The highest BCUT2D eigenvalue weighted by atomic mass is 35.5. The van der Waals surface area contributed by atoms with Crippen molar-refractivity contribution >= 4 is 50.5 Å². The highest BCUT2D eigenvalue weighted by Crippen LogP contribution is 2.31. The SMILES string of the molecule is O=C(Nc1ccc([N+](=O)[O-])cc1)c1cc(S(=O)(=O)NC2CC2)c(Cl)cc1Cl. The lowest BCUT2D eigenvalue weighted by Crippen LogP contribution is -2.26. The van der Waals surface area contributed by atoms with Crippen LogP contribution in [0.2, 0.25) is 10.0 Å². The molecule has 1 fully saturated rings. The van der Waals surface area contributed by atoms with Crippen LogP contribution in [0.1, 0.15) is 23.2 Å². The van der Waals surface area contributed by atoms with E-state index in [1.165, 1.54) is 30.3 Å². The second-order valence-corrected chi connectivity index (χ2v) is 8.41. The second kappa shape index (κ2) is 7.43. The Kier molecular flexibility index (Phi) is 5.38. The van der Waals surface area contributed by atoms with Gasteiger partial charge >= 0.3 is 0 Å². The molecule has 0 atom stereocenters. The molecular weight excluding hydrogens is 417 g/mol. The molecule has 1 amide bonds. The van der Waals surface area contributed by atoms with Gasteiger partial charge in [-0.1, -0.05) is 23.2 Å². The Morgan fingerprint density at radius 2 is 1.74 bits per heavy atom. The smallest absolute Gasteiger partial charge is 0.269 e. The molecule has 27 heavy (non-hydrogen) atoms. The van der Waals surface area contributed by atoms with Gasteiger partial charge in [-0.2, -0.15) is 0 Å². The Hall–Kier alpha value is -2.20. The lowest BCUT2D eigenvalue weighted by molar-refractivity contribution is -0.384. The second-order valence-electron chi connectivity index (χ2n) is 5.92.